The van der Waals surface area contributed by atoms with Gasteiger partial charge in [0.2, 0.25) is 5.91 Å². The third kappa shape index (κ3) is 3.76. The molecule has 0 N–H and O–H groups in total. The maximum absolute atomic E-state index is 12.9. The average molecular weight is 407 g/mol. The molecule has 4 rings (SSSR count). The minimum absolute atomic E-state index is 0.0733. The maximum atomic E-state index is 12.9. The average Bonchev–Trinajstić information content (AvgIpc) is 3.21. The number of esters is 1. The molecule has 5 nitrogen and oxygen atoms in total. The van der Waals surface area contributed by atoms with Crippen LogP contribution in [0.3, 0.4) is 0 Å². The van der Waals surface area contributed by atoms with Gasteiger partial charge in [-0.25, -0.2) is 0 Å². The summed E-state index contributed by atoms with van der Waals surface area (Å²) in [7, 11) is 2.99. The third-order valence-corrected chi connectivity index (χ3v) is 6.36. The van der Waals surface area contributed by atoms with E-state index in [1.54, 1.807) is 12.0 Å². The lowest BCUT2D eigenvalue weighted by atomic mass is 9.96. The number of amides is 1. The SMILES string of the molecule is COC(=O)C1CC(=O)N(Cc2ccccc2)c2cc(-c3ccc(OC)cc3)sc21. The van der Waals surface area contributed by atoms with Crippen molar-refractivity contribution in [1.29, 1.82) is 0 Å². The van der Waals surface area contributed by atoms with E-state index in [4.69, 9.17) is 9.47 Å². The molecule has 0 radical (unpaired) electrons. The van der Waals surface area contributed by atoms with Crippen molar-refractivity contribution >= 4 is 28.9 Å². The van der Waals surface area contributed by atoms with Gasteiger partial charge in [0, 0.05) is 16.2 Å². The molecule has 6 heteroatoms. The van der Waals surface area contributed by atoms with Crippen LogP contribution in [0.2, 0.25) is 0 Å². The number of fused-ring (bicyclic) bond motifs is 1. The second-order valence-electron chi connectivity index (χ2n) is 6.83. The highest BCUT2D eigenvalue weighted by Crippen LogP contribution is 2.46. The fourth-order valence-electron chi connectivity index (χ4n) is 3.54. The quantitative estimate of drug-likeness (QED) is 0.579. The van der Waals surface area contributed by atoms with Crippen molar-refractivity contribution in [1.82, 2.24) is 0 Å². The molecule has 1 aromatic heterocycles. The topological polar surface area (TPSA) is 55.8 Å². The number of anilines is 1. The summed E-state index contributed by atoms with van der Waals surface area (Å²) >= 11 is 1.53. The van der Waals surface area contributed by atoms with Crippen LogP contribution < -0.4 is 9.64 Å². The standard InChI is InChI=1S/C23H21NO4S/c1-27-17-10-8-16(9-11-17)20-13-19-22(29-20)18(23(26)28-2)12-21(25)24(19)14-15-6-4-3-5-7-15/h3-11,13,18H,12,14H2,1-2H3. The lowest BCUT2D eigenvalue weighted by Gasteiger charge is -2.30. The Labute approximate surface area is 173 Å². The van der Waals surface area contributed by atoms with Crippen molar-refractivity contribution in [3.63, 3.8) is 0 Å². The van der Waals surface area contributed by atoms with Crippen LogP contribution >= 0.6 is 11.3 Å². The highest BCUT2D eigenvalue weighted by atomic mass is 32.1. The Morgan fingerprint density at radius 3 is 2.48 bits per heavy atom. The van der Waals surface area contributed by atoms with E-state index in [0.29, 0.717) is 6.54 Å². The molecule has 148 valence electrons. The van der Waals surface area contributed by atoms with E-state index in [2.05, 4.69) is 0 Å². The predicted molar refractivity (Wildman–Crippen MR) is 113 cm³/mol. The Morgan fingerprint density at radius 1 is 1.10 bits per heavy atom. The summed E-state index contributed by atoms with van der Waals surface area (Å²) in [5, 5.41) is 0. The van der Waals surface area contributed by atoms with Gasteiger partial charge in [-0.05, 0) is 41.5 Å². The number of nitrogens with zero attached hydrogens (tertiary/aromatic N) is 1. The minimum atomic E-state index is -0.563. The van der Waals surface area contributed by atoms with Crippen molar-refractivity contribution in [2.75, 3.05) is 19.1 Å². The molecule has 1 amide bonds. The smallest absolute Gasteiger partial charge is 0.314 e. The van der Waals surface area contributed by atoms with Gasteiger partial charge in [-0.2, -0.15) is 0 Å². The summed E-state index contributed by atoms with van der Waals surface area (Å²) in [6, 6.07) is 19.6. The molecule has 1 atom stereocenters. The Morgan fingerprint density at radius 2 is 1.83 bits per heavy atom. The highest BCUT2D eigenvalue weighted by molar-refractivity contribution is 7.16. The van der Waals surface area contributed by atoms with Crippen LogP contribution in [0.1, 0.15) is 22.8 Å². The third-order valence-electron chi connectivity index (χ3n) is 5.07. The monoisotopic (exact) mass is 407 g/mol. The van der Waals surface area contributed by atoms with Gasteiger partial charge in [0.1, 0.15) is 11.7 Å². The number of hydrogen-bond donors (Lipinski definition) is 0. The van der Waals surface area contributed by atoms with Crippen molar-refractivity contribution in [2.24, 2.45) is 0 Å². The molecule has 29 heavy (non-hydrogen) atoms. The van der Waals surface area contributed by atoms with E-state index in [0.717, 1.165) is 32.3 Å². The predicted octanol–water partition coefficient (Wildman–Crippen LogP) is 4.62. The molecule has 1 aliphatic heterocycles. The molecular weight excluding hydrogens is 386 g/mol. The van der Waals surface area contributed by atoms with E-state index >= 15 is 0 Å². The molecule has 0 bridgehead atoms. The van der Waals surface area contributed by atoms with Crippen molar-refractivity contribution < 1.29 is 19.1 Å². The normalized spacial score (nSPS) is 15.7. The van der Waals surface area contributed by atoms with Gasteiger partial charge < -0.3 is 14.4 Å². The molecular formula is C23H21NO4S. The molecule has 2 heterocycles. The molecule has 0 spiro atoms. The second-order valence-corrected chi connectivity index (χ2v) is 7.92. The number of hydrogen-bond acceptors (Lipinski definition) is 5. The molecule has 0 fully saturated rings. The zero-order chi connectivity index (χ0) is 20.4. The summed E-state index contributed by atoms with van der Waals surface area (Å²) in [6.07, 6.45) is 0.120. The Bertz CT molecular complexity index is 1030. The largest absolute Gasteiger partial charge is 0.497 e. The summed E-state index contributed by atoms with van der Waals surface area (Å²) < 4.78 is 10.2. The van der Waals surface area contributed by atoms with Crippen LogP contribution in [0.15, 0.2) is 60.7 Å². The Balaban J connectivity index is 1.76. The first kappa shape index (κ1) is 19.2. The molecule has 3 aromatic rings. The first-order chi connectivity index (χ1) is 14.1. The first-order valence-corrected chi connectivity index (χ1v) is 10.1. The Hall–Kier alpha value is -3.12. The van der Waals surface area contributed by atoms with Crippen LogP contribution in [0.4, 0.5) is 5.69 Å². The van der Waals surface area contributed by atoms with Crippen LogP contribution in [0, 0.1) is 0 Å². The van der Waals surface area contributed by atoms with E-state index in [1.807, 2.05) is 60.7 Å². The lowest BCUT2D eigenvalue weighted by molar-refractivity contribution is -0.144. The van der Waals surface area contributed by atoms with E-state index in [1.165, 1.54) is 18.4 Å². The van der Waals surface area contributed by atoms with Gasteiger partial charge in [0.05, 0.1) is 26.5 Å². The number of methoxy groups -OCH3 is 2. The molecule has 0 aliphatic carbocycles. The van der Waals surface area contributed by atoms with Crippen LogP contribution in [-0.4, -0.2) is 26.1 Å². The number of carbonyl (C=O) groups is 2. The zero-order valence-corrected chi connectivity index (χ0v) is 17.1. The van der Waals surface area contributed by atoms with Crippen LogP contribution in [0.5, 0.6) is 5.75 Å². The fourth-order valence-corrected chi connectivity index (χ4v) is 4.79. The first-order valence-electron chi connectivity index (χ1n) is 9.31. The highest BCUT2D eigenvalue weighted by Gasteiger charge is 2.38. The molecule has 1 aliphatic rings. The van der Waals surface area contributed by atoms with Gasteiger partial charge in [-0.3, -0.25) is 9.59 Å². The number of ether oxygens (including phenoxy) is 2. The maximum Gasteiger partial charge on any atom is 0.314 e. The number of thiophene rings is 1. The van der Waals surface area contributed by atoms with Crippen LogP contribution in [0.25, 0.3) is 10.4 Å². The van der Waals surface area contributed by atoms with Crippen LogP contribution in [-0.2, 0) is 20.9 Å². The second kappa shape index (κ2) is 8.09. The fraction of sp³-hybridized carbons (Fsp3) is 0.217. The van der Waals surface area contributed by atoms with E-state index in [-0.39, 0.29) is 18.3 Å². The molecule has 2 aromatic carbocycles. The van der Waals surface area contributed by atoms with Crippen molar-refractivity contribution in [2.45, 2.75) is 18.9 Å². The summed E-state index contributed by atoms with van der Waals surface area (Å²) in [6.45, 7) is 0.472. The van der Waals surface area contributed by atoms with Gasteiger partial charge in [-0.1, -0.05) is 30.3 Å². The van der Waals surface area contributed by atoms with Crippen molar-refractivity contribution in [3.8, 4) is 16.2 Å². The number of benzene rings is 2. The summed E-state index contributed by atoms with van der Waals surface area (Å²) in [4.78, 5) is 28.9. The molecule has 1 unspecified atom stereocenters. The summed E-state index contributed by atoms with van der Waals surface area (Å²) in [5.41, 5.74) is 2.85. The Kier molecular flexibility index (Phi) is 5.36. The van der Waals surface area contributed by atoms with Gasteiger partial charge in [0.25, 0.3) is 0 Å². The van der Waals surface area contributed by atoms with Gasteiger partial charge >= 0.3 is 5.97 Å². The summed E-state index contributed by atoms with van der Waals surface area (Å²) in [5.74, 6) is -0.229. The van der Waals surface area contributed by atoms with Gasteiger partial charge in [-0.15, -0.1) is 11.3 Å². The van der Waals surface area contributed by atoms with Gasteiger partial charge in [0.15, 0.2) is 0 Å². The number of carbonyl (C=O) groups excluding carboxylic acids is 2. The minimum Gasteiger partial charge on any atom is -0.497 e. The molecule has 0 saturated heterocycles. The van der Waals surface area contributed by atoms with E-state index in [9.17, 15) is 9.59 Å². The van der Waals surface area contributed by atoms with Crippen molar-refractivity contribution in [3.05, 3.63) is 71.1 Å². The molecule has 0 saturated carbocycles. The number of rotatable bonds is 5. The zero-order valence-electron chi connectivity index (χ0n) is 16.3. The lowest BCUT2D eigenvalue weighted by Crippen LogP contribution is -2.37. The van der Waals surface area contributed by atoms with E-state index < -0.39 is 5.92 Å².